The summed E-state index contributed by atoms with van der Waals surface area (Å²) < 4.78 is 12.9. The molecule has 0 aliphatic heterocycles. The number of furan rings is 1. The molecule has 170 valence electrons. The number of rotatable bonds is 8. The van der Waals surface area contributed by atoms with Crippen LogP contribution in [0.1, 0.15) is 44.4 Å². The lowest BCUT2D eigenvalue weighted by atomic mass is 9.85. The number of benzene rings is 1. The van der Waals surface area contributed by atoms with Crippen molar-refractivity contribution in [2.75, 3.05) is 19.9 Å². The molecule has 0 unspecified atom stereocenters. The first-order valence-electron chi connectivity index (χ1n) is 11.0. The Bertz CT molecular complexity index is 1020. The Balaban J connectivity index is 1.55. The summed E-state index contributed by atoms with van der Waals surface area (Å²) >= 11 is 1.46. The first-order valence-corrected chi connectivity index (χ1v) is 12.0. The van der Waals surface area contributed by atoms with Gasteiger partial charge in [0.2, 0.25) is 5.91 Å². The second kappa shape index (κ2) is 10.3. The lowest BCUT2D eigenvalue weighted by molar-refractivity contribution is -0.127. The van der Waals surface area contributed by atoms with Crippen LogP contribution in [-0.4, -0.2) is 45.5 Å². The first-order chi connectivity index (χ1) is 15.6. The lowest BCUT2D eigenvalue weighted by Gasteiger charge is -2.31. The number of hydrogen-bond donors (Lipinski definition) is 0. The smallest absolute Gasteiger partial charge is 0.233 e. The van der Waals surface area contributed by atoms with Gasteiger partial charge in [0.05, 0.1) is 25.7 Å². The second-order valence-corrected chi connectivity index (χ2v) is 9.29. The zero-order chi connectivity index (χ0) is 22.5. The van der Waals surface area contributed by atoms with Gasteiger partial charge in [0.15, 0.2) is 11.0 Å². The van der Waals surface area contributed by atoms with Gasteiger partial charge in [0.1, 0.15) is 11.5 Å². The summed E-state index contributed by atoms with van der Waals surface area (Å²) in [6.45, 7) is 2.76. The van der Waals surface area contributed by atoms with Crippen LogP contribution < -0.4 is 4.74 Å². The number of carbonyl (C=O) groups excluding carboxylic acids is 1. The molecule has 1 aromatic carbocycles. The molecule has 32 heavy (non-hydrogen) atoms. The van der Waals surface area contributed by atoms with Crippen molar-refractivity contribution >= 4 is 17.7 Å². The first kappa shape index (κ1) is 22.5. The number of carbonyl (C=O) groups is 1. The Morgan fingerprint density at radius 1 is 1.22 bits per heavy atom. The summed E-state index contributed by atoms with van der Waals surface area (Å²) in [4.78, 5) is 14.4. The largest absolute Gasteiger partial charge is 0.497 e. The molecule has 2 heterocycles. The average Bonchev–Trinajstić information content (AvgIpc) is 3.48. The predicted octanol–water partition coefficient (Wildman–Crippen LogP) is 5.05. The fourth-order valence-corrected chi connectivity index (χ4v) is 5.19. The summed E-state index contributed by atoms with van der Waals surface area (Å²) in [6.07, 6.45) is 6.37. The highest BCUT2D eigenvalue weighted by atomic mass is 32.2. The van der Waals surface area contributed by atoms with E-state index in [1.165, 1.54) is 31.0 Å². The number of thioether (sulfide) groups is 1. The normalized spacial score (nSPS) is 18.5. The second-order valence-electron chi connectivity index (χ2n) is 8.35. The van der Waals surface area contributed by atoms with E-state index in [1.54, 1.807) is 25.3 Å². The minimum Gasteiger partial charge on any atom is -0.497 e. The standard InChI is InChI=1S/C24H30N4O3S/c1-17-7-4-5-9-21(17)28-23(18-10-12-19(30-3)13-11-18)25-26-24(28)32-16-22(29)27(2)15-20-8-6-14-31-20/h6,8,10-14,17,21H,4-5,7,9,15-16H2,1-3H3/t17-,21+/m0/s1. The summed E-state index contributed by atoms with van der Waals surface area (Å²) in [5.41, 5.74) is 1.00. The van der Waals surface area contributed by atoms with Crippen LogP contribution in [0.3, 0.4) is 0 Å². The average molecular weight is 455 g/mol. The Kier molecular flexibility index (Phi) is 7.19. The third kappa shape index (κ3) is 5.01. The van der Waals surface area contributed by atoms with Crippen molar-refractivity contribution in [2.24, 2.45) is 5.92 Å². The molecular formula is C24H30N4O3S. The van der Waals surface area contributed by atoms with E-state index < -0.39 is 0 Å². The Morgan fingerprint density at radius 3 is 2.69 bits per heavy atom. The molecule has 2 aromatic heterocycles. The molecule has 0 radical (unpaired) electrons. The lowest BCUT2D eigenvalue weighted by Crippen LogP contribution is -2.28. The number of methoxy groups -OCH3 is 1. The van der Waals surface area contributed by atoms with Crippen molar-refractivity contribution in [3.05, 3.63) is 48.4 Å². The van der Waals surface area contributed by atoms with Crippen molar-refractivity contribution in [1.82, 2.24) is 19.7 Å². The molecule has 1 fully saturated rings. The molecule has 0 spiro atoms. The predicted molar refractivity (Wildman–Crippen MR) is 125 cm³/mol. The molecule has 4 rings (SSSR count). The van der Waals surface area contributed by atoms with Crippen molar-refractivity contribution < 1.29 is 13.9 Å². The molecular weight excluding hydrogens is 424 g/mol. The number of hydrogen-bond acceptors (Lipinski definition) is 6. The number of ether oxygens (including phenoxy) is 1. The Labute approximate surface area is 193 Å². The minimum absolute atomic E-state index is 0.0311. The molecule has 0 N–H and O–H groups in total. The highest BCUT2D eigenvalue weighted by molar-refractivity contribution is 7.99. The molecule has 1 amide bonds. The van der Waals surface area contributed by atoms with Gasteiger partial charge >= 0.3 is 0 Å². The van der Waals surface area contributed by atoms with Crippen molar-refractivity contribution in [1.29, 1.82) is 0 Å². The molecule has 1 aliphatic carbocycles. The Morgan fingerprint density at radius 2 is 2.00 bits per heavy atom. The van der Waals surface area contributed by atoms with Crippen molar-refractivity contribution in [3.8, 4) is 17.1 Å². The van der Waals surface area contributed by atoms with Gasteiger partial charge < -0.3 is 14.1 Å². The van der Waals surface area contributed by atoms with Crippen LogP contribution in [0.25, 0.3) is 11.4 Å². The molecule has 0 saturated heterocycles. The monoisotopic (exact) mass is 454 g/mol. The van der Waals surface area contributed by atoms with E-state index in [0.29, 0.717) is 24.3 Å². The SMILES string of the molecule is COc1ccc(-c2nnc(SCC(=O)N(C)Cc3ccco3)n2[C@@H]2CCCC[C@@H]2C)cc1. The van der Waals surface area contributed by atoms with Crippen LogP contribution >= 0.6 is 11.8 Å². The van der Waals surface area contributed by atoms with E-state index in [9.17, 15) is 4.79 Å². The highest BCUT2D eigenvalue weighted by Gasteiger charge is 2.29. The highest BCUT2D eigenvalue weighted by Crippen LogP contribution is 2.39. The van der Waals surface area contributed by atoms with Gasteiger partial charge in [-0.1, -0.05) is 31.5 Å². The maximum atomic E-state index is 12.7. The number of nitrogens with zero attached hydrogens (tertiary/aromatic N) is 4. The van der Waals surface area contributed by atoms with Crippen LogP contribution in [-0.2, 0) is 11.3 Å². The molecule has 1 aliphatic rings. The van der Waals surface area contributed by atoms with E-state index in [-0.39, 0.29) is 5.91 Å². The maximum absolute atomic E-state index is 12.7. The van der Waals surface area contributed by atoms with Gasteiger partial charge in [-0.25, -0.2) is 0 Å². The topological polar surface area (TPSA) is 73.4 Å². The van der Waals surface area contributed by atoms with Gasteiger partial charge in [-0.05, 0) is 55.2 Å². The van der Waals surface area contributed by atoms with Crippen LogP contribution in [0.2, 0.25) is 0 Å². The van der Waals surface area contributed by atoms with E-state index in [1.807, 2.05) is 36.4 Å². The van der Waals surface area contributed by atoms with Crippen LogP contribution in [0, 0.1) is 5.92 Å². The van der Waals surface area contributed by atoms with Gasteiger partial charge in [0.25, 0.3) is 0 Å². The summed E-state index contributed by atoms with van der Waals surface area (Å²) in [7, 11) is 3.46. The molecule has 8 heteroatoms. The fourth-order valence-electron chi connectivity index (χ4n) is 4.25. The van der Waals surface area contributed by atoms with Gasteiger partial charge in [-0.15, -0.1) is 10.2 Å². The van der Waals surface area contributed by atoms with Crippen molar-refractivity contribution in [2.45, 2.75) is 50.4 Å². The number of aromatic nitrogens is 3. The molecule has 1 saturated carbocycles. The van der Waals surface area contributed by atoms with E-state index >= 15 is 0 Å². The minimum atomic E-state index is 0.0311. The summed E-state index contributed by atoms with van der Waals surface area (Å²) in [6, 6.07) is 12.0. The molecule has 7 nitrogen and oxygen atoms in total. The van der Waals surface area contributed by atoms with Crippen LogP contribution in [0.5, 0.6) is 5.75 Å². The fraction of sp³-hybridized carbons (Fsp3) is 0.458. The zero-order valence-corrected chi connectivity index (χ0v) is 19.7. The Hall–Kier alpha value is -2.74. The molecule has 3 aromatic rings. The zero-order valence-electron chi connectivity index (χ0n) is 18.9. The quantitative estimate of drug-likeness (QED) is 0.444. The van der Waals surface area contributed by atoms with Crippen molar-refractivity contribution in [3.63, 3.8) is 0 Å². The third-order valence-corrected chi connectivity index (χ3v) is 7.06. The van der Waals surface area contributed by atoms with E-state index in [4.69, 9.17) is 9.15 Å². The maximum Gasteiger partial charge on any atom is 0.233 e. The van der Waals surface area contributed by atoms with Crippen LogP contribution in [0.4, 0.5) is 0 Å². The van der Waals surface area contributed by atoms with Gasteiger partial charge in [0, 0.05) is 18.7 Å². The van der Waals surface area contributed by atoms with E-state index in [2.05, 4.69) is 21.7 Å². The summed E-state index contributed by atoms with van der Waals surface area (Å²) in [5, 5.41) is 9.85. The molecule has 0 bridgehead atoms. The van der Waals surface area contributed by atoms with Crippen LogP contribution in [0.15, 0.2) is 52.2 Å². The number of amides is 1. The summed E-state index contributed by atoms with van der Waals surface area (Å²) in [5.74, 6) is 3.30. The molecule has 2 atom stereocenters. The van der Waals surface area contributed by atoms with E-state index in [0.717, 1.165) is 34.5 Å². The van der Waals surface area contributed by atoms with Gasteiger partial charge in [-0.3, -0.25) is 9.36 Å². The third-order valence-electron chi connectivity index (χ3n) is 6.13. The van der Waals surface area contributed by atoms with Gasteiger partial charge in [-0.2, -0.15) is 0 Å².